The van der Waals surface area contributed by atoms with Gasteiger partial charge in [-0.05, 0) is 20.0 Å². The van der Waals surface area contributed by atoms with Crippen molar-refractivity contribution in [3.8, 4) is 0 Å². The summed E-state index contributed by atoms with van der Waals surface area (Å²) in [6, 6.07) is 0. The number of amides is 1. The van der Waals surface area contributed by atoms with Crippen LogP contribution in [0.2, 0.25) is 0 Å². The van der Waals surface area contributed by atoms with E-state index in [1.54, 1.807) is 7.05 Å². The highest BCUT2D eigenvalue weighted by Crippen LogP contribution is 2.13. The van der Waals surface area contributed by atoms with E-state index in [0.717, 1.165) is 19.5 Å². The van der Waals surface area contributed by atoms with Gasteiger partial charge in [-0.1, -0.05) is 0 Å². The minimum absolute atomic E-state index is 0.185. The van der Waals surface area contributed by atoms with E-state index < -0.39 is 0 Å². The van der Waals surface area contributed by atoms with Crippen molar-refractivity contribution in [2.75, 3.05) is 27.2 Å². The Morgan fingerprint density at radius 1 is 1.70 bits per heavy atom. The highest BCUT2D eigenvalue weighted by Gasteiger charge is 2.24. The number of carbonyl (C=O) groups excluding carboxylic acids is 1. The standard InChI is InChI=1S/C7H14N2O/c1-8-7(10)6-3-4-9(2)5-6/h6H,3-5H2,1-2H3,(H,8,10)/t6-/m0/s1. The van der Waals surface area contributed by atoms with Gasteiger partial charge in [0.25, 0.3) is 0 Å². The van der Waals surface area contributed by atoms with Crippen LogP contribution in [0.25, 0.3) is 0 Å². The van der Waals surface area contributed by atoms with Gasteiger partial charge < -0.3 is 10.2 Å². The molecule has 0 aromatic heterocycles. The third-order valence-corrected chi connectivity index (χ3v) is 2.01. The van der Waals surface area contributed by atoms with E-state index in [9.17, 15) is 4.79 Å². The van der Waals surface area contributed by atoms with Crippen LogP contribution >= 0.6 is 0 Å². The van der Waals surface area contributed by atoms with Crippen LogP contribution in [0.3, 0.4) is 0 Å². The van der Waals surface area contributed by atoms with Gasteiger partial charge in [-0.25, -0.2) is 0 Å². The summed E-state index contributed by atoms with van der Waals surface area (Å²) in [5, 5.41) is 2.66. The van der Waals surface area contributed by atoms with Crippen LogP contribution in [0.5, 0.6) is 0 Å². The lowest BCUT2D eigenvalue weighted by Gasteiger charge is -2.07. The summed E-state index contributed by atoms with van der Waals surface area (Å²) in [6.45, 7) is 1.97. The lowest BCUT2D eigenvalue weighted by molar-refractivity contribution is -0.124. The second-order valence-electron chi connectivity index (χ2n) is 2.86. The smallest absolute Gasteiger partial charge is 0.224 e. The van der Waals surface area contributed by atoms with Crippen LogP contribution in [-0.2, 0) is 4.79 Å². The first-order chi connectivity index (χ1) is 4.74. The van der Waals surface area contributed by atoms with E-state index in [1.807, 2.05) is 7.05 Å². The average Bonchev–Trinajstić information content (AvgIpc) is 2.34. The molecule has 1 aliphatic heterocycles. The van der Waals surface area contributed by atoms with E-state index >= 15 is 0 Å². The van der Waals surface area contributed by atoms with Crippen molar-refractivity contribution < 1.29 is 4.79 Å². The second-order valence-corrected chi connectivity index (χ2v) is 2.86. The molecule has 3 nitrogen and oxygen atoms in total. The SMILES string of the molecule is CNC(=O)[C@H]1CCN(C)C1. The predicted octanol–water partition coefficient (Wildman–Crippen LogP) is -0.316. The zero-order chi connectivity index (χ0) is 7.56. The van der Waals surface area contributed by atoms with Gasteiger partial charge in [0.1, 0.15) is 0 Å². The number of rotatable bonds is 1. The fourth-order valence-corrected chi connectivity index (χ4v) is 1.35. The number of hydrogen-bond donors (Lipinski definition) is 1. The third kappa shape index (κ3) is 1.48. The number of nitrogens with one attached hydrogen (secondary N) is 1. The fraction of sp³-hybridized carbons (Fsp3) is 0.857. The highest BCUT2D eigenvalue weighted by molar-refractivity contribution is 5.78. The molecule has 0 aliphatic carbocycles. The van der Waals surface area contributed by atoms with Crippen molar-refractivity contribution in [1.82, 2.24) is 10.2 Å². The van der Waals surface area contributed by atoms with Crippen molar-refractivity contribution in [2.24, 2.45) is 5.92 Å². The molecule has 1 amide bonds. The van der Waals surface area contributed by atoms with Gasteiger partial charge in [0.15, 0.2) is 0 Å². The van der Waals surface area contributed by atoms with Crippen molar-refractivity contribution in [1.29, 1.82) is 0 Å². The molecule has 0 spiro atoms. The Morgan fingerprint density at radius 3 is 2.80 bits per heavy atom. The molecule has 1 N–H and O–H groups in total. The molecule has 0 aromatic rings. The minimum Gasteiger partial charge on any atom is -0.359 e. The summed E-state index contributed by atoms with van der Waals surface area (Å²) in [5.74, 6) is 0.416. The van der Waals surface area contributed by atoms with Crippen molar-refractivity contribution in [2.45, 2.75) is 6.42 Å². The number of hydrogen-bond acceptors (Lipinski definition) is 2. The van der Waals surface area contributed by atoms with Crippen LogP contribution in [0.1, 0.15) is 6.42 Å². The monoisotopic (exact) mass is 142 g/mol. The normalized spacial score (nSPS) is 26.8. The van der Waals surface area contributed by atoms with Crippen LogP contribution < -0.4 is 5.32 Å². The van der Waals surface area contributed by atoms with E-state index in [-0.39, 0.29) is 11.8 Å². The molecule has 0 aromatic carbocycles. The van der Waals surface area contributed by atoms with Gasteiger partial charge in [-0.15, -0.1) is 0 Å². The van der Waals surface area contributed by atoms with E-state index in [4.69, 9.17) is 0 Å². The molecule has 1 fully saturated rings. The topological polar surface area (TPSA) is 32.3 Å². The molecule has 1 aliphatic rings. The van der Waals surface area contributed by atoms with Crippen LogP contribution in [0, 0.1) is 5.92 Å². The zero-order valence-corrected chi connectivity index (χ0v) is 6.55. The zero-order valence-electron chi connectivity index (χ0n) is 6.55. The van der Waals surface area contributed by atoms with Crippen LogP contribution in [0.4, 0.5) is 0 Å². The minimum atomic E-state index is 0.185. The summed E-state index contributed by atoms with van der Waals surface area (Å²) in [4.78, 5) is 13.2. The Kier molecular flexibility index (Phi) is 2.27. The summed E-state index contributed by atoms with van der Waals surface area (Å²) in [7, 11) is 3.74. The summed E-state index contributed by atoms with van der Waals surface area (Å²) >= 11 is 0. The summed E-state index contributed by atoms with van der Waals surface area (Å²) in [5.41, 5.74) is 0. The number of nitrogens with zero attached hydrogens (tertiary/aromatic N) is 1. The van der Waals surface area contributed by atoms with Gasteiger partial charge in [-0.2, -0.15) is 0 Å². The molecule has 1 atom stereocenters. The first-order valence-corrected chi connectivity index (χ1v) is 3.64. The Morgan fingerprint density at radius 2 is 2.40 bits per heavy atom. The first-order valence-electron chi connectivity index (χ1n) is 3.64. The van der Waals surface area contributed by atoms with Crippen molar-refractivity contribution >= 4 is 5.91 Å². The molecule has 1 rings (SSSR count). The molecule has 3 heteroatoms. The molecule has 0 saturated carbocycles. The molecule has 58 valence electrons. The Bertz CT molecular complexity index is 136. The molecule has 0 radical (unpaired) electrons. The lowest BCUT2D eigenvalue weighted by atomic mass is 10.1. The Balaban J connectivity index is 2.37. The maximum absolute atomic E-state index is 11.0. The average molecular weight is 142 g/mol. The predicted molar refractivity (Wildman–Crippen MR) is 39.7 cm³/mol. The quantitative estimate of drug-likeness (QED) is 0.544. The van der Waals surface area contributed by atoms with Gasteiger partial charge in [0.05, 0.1) is 5.92 Å². The molecular formula is C7H14N2O. The van der Waals surface area contributed by atoms with E-state index in [0.29, 0.717) is 0 Å². The first kappa shape index (κ1) is 7.54. The molecule has 0 bridgehead atoms. The Labute approximate surface area is 61.4 Å². The Hall–Kier alpha value is -0.570. The van der Waals surface area contributed by atoms with Gasteiger partial charge >= 0.3 is 0 Å². The van der Waals surface area contributed by atoms with Crippen LogP contribution in [0.15, 0.2) is 0 Å². The molecule has 1 heterocycles. The summed E-state index contributed by atoms with van der Waals surface area (Å²) in [6.07, 6.45) is 1.01. The fourth-order valence-electron chi connectivity index (χ4n) is 1.35. The number of likely N-dealkylation sites (tertiary alicyclic amines) is 1. The van der Waals surface area contributed by atoms with E-state index in [1.165, 1.54) is 0 Å². The molecule has 1 saturated heterocycles. The maximum atomic E-state index is 11.0. The summed E-state index contributed by atoms with van der Waals surface area (Å²) < 4.78 is 0. The number of carbonyl (C=O) groups is 1. The molecule has 10 heavy (non-hydrogen) atoms. The van der Waals surface area contributed by atoms with Gasteiger partial charge in [0, 0.05) is 13.6 Å². The molecular weight excluding hydrogens is 128 g/mol. The molecule has 0 unspecified atom stereocenters. The lowest BCUT2D eigenvalue weighted by Crippen LogP contribution is -2.29. The van der Waals surface area contributed by atoms with Crippen LogP contribution in [-0.4, -0.2) is 38.0 Å². The second kappa shape index (κ2) is 3.01. The highest BCUT2D eigenvalue weighted by atomic mass is 16.1. The van der Waals surface area contributed by atoms with Crippen molar-refractivity contribution in [3.63, 3.8) is 0 Å². The van der Waals surface area contributed by atoms with Gasteiger partial charge in [0.2, 0.25) is 5.91 Å². The maximum Gasteiger partial charge on any atom is 0.224 e. The van der Waals surface area contributed by atoms with Gasteiger partial charge in [-0.3, -0.25) is 4.79 Å². The third-order valence-electron chi connectivity index (χ3n) is 2.01. The van der Waals surface area contributed by atoms with E-state index in [2.05, 4.69) is 10.2 Å². The largest absolute Gasteiger partial charge is 0.359 e. The van der Waals surface area contributed by atoms with Crippen molar-refractivity contribution in [3.05, 3.63) is 0 Å².